The van der Waals surface area contributed by atoms with Crippen molar-refractivity contribution in [3.63, 3.8) is 0 Å². The minimum Gasteiger partial charge on any atom is -0.491 e. The third kappa shape index (κ3) is 3.26. The number of ether oxygens (including phenoxy) is 2. The summed E-state index contributed by atoms with van der Waals surface area (Å²) in [5.41, 5.74) is 1.64. The van der Waals surface area contributed by atoms with Crippen LogP contribution in [0.1, 0.15) is 24.4 Å². The molecule has 0 aliphatic carbocycles. The van der Waals surface area contributed by atoms with Crippen molar-refractivity contribution >= 4 is 6.09 Å². The number of nitrogens with zero attached hydrogens (tertiary/aromatic N) is 2. The van der Waals surface area contributed by atoms with Crippen LogP contribution in [-0.4, -0.2) is 41.2 Å². The predicted octanol–water partition coefficient (Wildman–Crippen LogP) is 1.45. The summed E-state index contributed by atoms with van der Waals surface area (Å²) in [6.07, 6.45) is 0.0893. The van der Waals surface area contributed by atoms with E-state index in [-0.39, 0.29) is 19.3 Å². The summed E-state index contributed by atoms with van der Waals surface area (Å²) in [6, 6.07) is 5.24. The summed E-state index contributed by atoms with van der Waals surface area (Å²) in [5, 5.41) is 15.3. The monoisotopic (exact) mass is 319 g/mol. The summed E-state index contributed by atoms with van der Waals surface area (Å²) in [6.45, 7) is 2.01. The molecule has 0 unspecified atom stereocenters. The molecular formula is C15H17N3O5. The number of benzene rings is 1. The highest BCUT2D eigenvalue weighted by molar-refractivity contribution is 5.69. The van der Waals surface area contributed by atoms with Crippen molar-refractivity contribution < 1.29 is 23.9 Å². The van der Waals surface area contributed by atoms with Gasteiger partial charge in [-0.05, 0) is 6.07 Å². The molecule has 2 heterocycles. The van der Waals surface area contributed by atoms with Crippen molar-refractivity contribution in [2.45, 2.75) is 19.4 Å². The van der Waals surface area contributed by atoms with Gasteiger partial charge in [-0.3, -0.25) is 0 Å². The summed E-state index contributed by atoms with van der Waals surface area (Å²) in [4.78, 5) is 15.8. The predicted molar refractivity (Wildman–Crippen MR) is 78.9 cm³/mol. The first-order valence-electron chi connectivity index (χ1n) is 7.35. The van der Waals surface area contributed by atoms with Gasteiger partial charge in [0, 0.05) is 17.5 Å². The average molecular weight is 319 g/mol. The van der Waals surface area contributed by atoms with Crippen molar-refractivity contribution in [3.8, 4) is 17.1 Å². The smallest absolute Gasteiger partial charge is 0.407 e. The van der Waals surface area contributed by atoms with E-state index in [1.165, 1.54) is 0 Å². The zero-order valence-electron chi connectivity index (χ0n) is 12.6. The zero-order chi connectivity index (χ0) is 16.2. The lowest BCUT2D eigenvalue weighted by Gasteiger charge is -2.11. The maximum atomic E-state index is 11.6. The van der Waals surface area contributed by atoms with Crippen molar-refractivity contribution in [1.82, 2.24) is 15.5 Å². The molecular weight excluding hydrogens is 302 g/mol. The topological polar surface area (TPSA) is 107 Å². The van der Waals surface area contributed by atoms with Gasteiger partial charge in [-0.2, -0.15) is 4.98 Å². The van der Waals surface area contributed by atoms with E-state index in [4.69, 9.17) is 19.1 Å². The van der Waals surface area contributed by atoms with Gasteiger partial charge in [-0.25, -0.2) is 4.79 Å². The quantitative estimate of drug-likeness (QED) is 0.859. The van der Waals surface area contributed by atoms with E-state index in [9.17, 15) is 4.79 Å². The van der Waals surface area contributed by atoms with E-state index >= 15 is 0 Å². The van der Waals surface area contributed by atoms with Crippen LogP contribution in [-0.2, 0) is 11.2 Å². The highest BCUT2D eigenvalue weighted by atomic mass is 16.6. The minimum atomic E-state index is -0.588. The first kappa shape index (κ1) is 15.3. The van der Waals surface area contributed by atoms with Gasteiger partial charge in [0.25, 0.3) is 0 Å². The second-order valence-electron chi connectivity index (χ2n) is 4.99. The van der Waals surface area contributed by atoms with Gasteiger partial charge in [0.15, 0.2) is 0 Å². The highest BCUT2D eigenvalue weighted by Gasteiger charge is 2.27. The maximum absolute atomic E-state index is 11.6. The Balaban J connectivity index is 1.73. The number of fused-ring (bicyclic) bond motifs is 1. The molecule has 3 rings (SSSR count). The Hall–Kier alpha value is -2.61. The number of rotatable bonds is 5. The Bertz CT molecular complexity index is 700. The number of hydrogen-bond donors (Lipinski definition) is 2. The van der Waals surface area contributed by atoms with Crippen molar-refractivity contribution in [3.05, 3.63) is 29.7 Å². The second kappa shape index (κ2) is 6.66. The van der Waals surface area contributed by atoms with Crippen molar-refractivity contribution in [2.75, 3.05) is 19.8 Å². The SMILES string of the molecule is CCc1nc(-c2ccc3c(c2)OC[C@H]3NC(=O)OCCO)no1. The van der Waals surface area contributed by atoms with Crippen LogP contribution < -0.4 is 10.1 Å². The largest absolute Gasteiger partial charge is 0.491 e. The Morgan fingerprint density at radius 3 is 3.13 bits per heavy atom. The van der Waals surface area contributed by atoms with Gasteiger partial charge in [-0.1, -0.05) is 24.2 Å². The summed E-state index contributed by atoms with van der Waals surface area (Å²) in [5.74, 6) is 1.75. The fourth-order valence-electron chi connectivity index (χ4n) is 2.31. The van der Waals surface area contributed by atoms with E-state index in [1.807, 2.05) is 25.1 Å². The number of hydrogen-bond acceptors (Lipinski definition) is 7. The number of nitrogens with one attached hydrogen (secondary N) is 1. The number of aliphatic hydroxyl groups excluding tert-OH is 1. The number of amides is 1. The average Bonchev–Trinajstić information content (AvgIpc) is 3.19. The molecule has 2 aromatic rings. The molecule has 0 fully saturated rings. The van der Waals surface area contributed by atoms with Crippen LogP contribution in [0.15, 0.2) is 22.7 Å². The van der Waals surface area contributed by atoms with Gasteiger partial charge in [0.1, 0.15) is 19.0 Å². The molecule has 8 nitrogen and oxygen atoms in total. The fourth-order valence-corrected chi connectivity index (χ4v) is 2.31. The molecule has 1 aromatic heterocycles. The maximum Gasteiger partial charge on any atom is 0.407 e. The molecule has 0 saturated carbocycles. The van der Waals surface area contributed by atoms with Crippen LogP contribution in [0.25, 0.3) is 11.4 Å². The zero-order valence-corrected chi connectivity index (χ0v) is 12.6. The number of carbonyl (C=O) groups is 1. The molecule has 23 heavy (non-hydrogen) atoms. The first-order chi connectivity index (χ1) is 11.2. The van der Waals surface area contributed by atoms with E-state index in [0.29, 0.717) is 30.5 Å². The van der Waals surface area contributed by atoms with Gasteiger partial charge < -0.3 is 24.4 Å². The molecule has 1 amide bonds. The fraction of sp³-hybridized carbons (Fsp3) is 0.400. The van der Waals surface area contributed by atoms with E-state index in [0.717, 1.165) is 11.1 Å². The van der Waals surface area contributed by atoms with E-state index < -0.39 is 6.09 Å². The molecule has 1 aliphatic heterocycles. The van der Waals surface area contributed by atoms with Gasteiger partial charge in [0.2, 0.25) is 11.7 Å². The lowest BCUT2D eigenvalue weighted by Crippen LogP contribution is -2.30. The molecule has 0 saturated heterocycles. The number of aromatic nitrogens is 2. The Kier molecular flexibility index (Phi) is 4.42. The van der Waals surface area contributed by atoms with Crippen LogP contribution in [0.3, 0.4) is 0 Å². The second-order valence-corrected chi connectivity index (χ2v) is 4.99. The normalized spacial score (nSPS) is 15.8. The van der Waals surface area contributed by atoms with Crippen molar-refractivity contribution in [2.24, 2.45) is 0 Å². The molecule has 1 atom stereocenters. The standard InChI is InChI=1S/C15H17N3O5/c1-2-13-17-14(18-23-13)9-3-4-10-11(8-22-12(10)7-9)16-15(20)21-6-5-19/h3-4,7,11,19H,2,5-6,8H2,1H3,(H,16,20)/t11-/m1/s1. The molecule has 0 bridgehead atoms. The number of aryl methyl sites for hydroxylation is 1. The van der Waals surface area contributed by atoms with Crippen LogP contribution >= 0.6 is 0 Å². The molecule has 0 radical (unpaired) electrons. The third-order valence-corrected chi connectivity index (χ3v) is 3.44. The summed E-state index contributed by atoms with van der Waals surface area (Å²) < 4.78 is 15.5. The number of carbonyl (C=O) groups excluding carboxylic acids is 1. The lowest BCUT2D eigenvalue weighted by molar-refractivity contribution is 0.115. The van der Waals surface area contributed by atoms with Gasteiger partial charge >= 0.3 is 6.09 Å². The first-order valence-corrected chi connectivity index (χ1v) is 7.35. The molecule has 2 N–H and O–H groups in total. The van der Waals surface area contributed by atoms with Crippen molar-refractivity contribution in [1.29, 1.82) is 0 Å². The highest BCUT2D eigenvalue weighted by Crippen LogP contribution is 2.35. The number of alkyl carbamates (subject to hydrolysis) is 1. The minimum absolute atomic E-state index is 0.0389. The van der Waals surface area contributed by atoms with E-state index in [2.05, 4.69) is 15.5 Å². The molecule has 122 valence electrons. The lowest BCUT2D eigenvalue weighted by atomic mass is 10.1. The van der Waals surface area contributed by atoms with E-state index in [1.54, 1.807) is 0 Å². The summed E-state index contributed by atoms with van der Waals surface area (Å²) >= 11 is 0. The van der Waals surface area contributed by atoms with Crippen LogP contribution in [0, 0.1) is 0 Å². The molecule has 1 aromatic carbocycles. The van der Waals surface area contributed by atoms with Gasteiger partial charge in [0.05, 0.1) is 12.6 Å². The Morgan fingerprint density at radius 2 is 2.39 bits per heavy atom. The Morgan fingerprint density at radius 1 is 1.52 bits per heavy atom. The Labute approximate surface area is 132 Å². The van der Waals surface area contributed by atoms with Crippen LogP contribution in [0.2, 0.25) is 0 Å². The molecule has 1 aliphatic rings. The third-order valence-electron chi connectivity index (χ3n) is 3.44. The summed E-state index contributed by atoms with van der Waals surface area (Å²) in [7, 11) is 0. The molecule has 0 spiro atoms. The van der Waals surface area contributed by atoms with Gasteiger partial charge in [-0.15, -0.1) is 0 Å². The molecule has 8 heteroatoms. The van der Waals surface area contributed by atoms with Crippen LogP contribution in [0.4, 0.5) is 4.79 Å². The van der Waals surface area contributed by atoms with Crippen LogP contribution in [0.5, 0.6) is 5.75 Å². The number of aliphatic hydroxyl groups is 1.